The molecule has 0 amide bonds. The minimum absolute atomic E-state index is 0.609. The maximum atomic E-state index is 5.47. The quantitative estimate of drug-likeness (QED) is 0.0328. The first kappa shape index (κ1) is 125. The summed E-state index contributed by atoms with van der Waals surface area (Å²) in [5.74, 6) is 8.93. The molecule has 0 atom stereocenters. The van der Waals surface area contributed by atoms with Crippen LogP contribution in [0.3, 0.4) is 0 Å². The number of nitrogens with zero attached hydrogens (tertiary/aromatic N) is 3. The number of nitrogens with one attached hydrogen (secondary N) is 2. The fourth-order valence-corrected chi connectivity index (χ4v) is 26.9. The molecule has 0 spiro atoms. The fourth-order valence-electron chi connectivity index (χ4n) is 19.4. The SMILES string of the molecule is CCCCCCCCCCCCCCCCCSc1cc(Nc2nc(Nc3cc(SCCCCCCCCCCCCCCCCC)c(SCCCCCCCCCCCCCCCCC)c(SCCCCCCCCCCCCCCCCC)c3)nc(-c3ccccc3)n2)cc(SCCCCCCCCCCCCCCCCC)c1SCCCCCCCCCCCCCCCCC. The van der Waals surface area contributed by atoms with Crippen molar-refractivity contribution in [3.05, 3.63) is 54.6 Å². The van der Waals surface area contributed by atoms with Gasteiger partial charge in [0.2, 0.25) is 11.9 Å². The van der Waals surface area contributed by atoms with Crippen molar-refractivity contribution in [3.63, 3.8) is 0 Å². The van der Waals surface area contributed by atoms with Gasteiger partial charge in [-0.2, -0.15) is 15.0 Å². The summed E-state index contributed by atoms with van der Waals surface area (Å²) in [6, 6.07) is 20.8. The first-order valence-electron chi connectivity index (χ1n) is 60.0. The molecule has 0 radical (unpaired) electrons. The molecule has 774 valence electrons. The summed E-state index contributed by atoms with van der Waals surface area (Å²) >= 11 is 12.9. The Labute approximate surface area is 861 Å². The van der Waals surface area contributed by atoms with Crippen LogP contribution in [0.25, 0.3) is 11.4 Å². The van der Waals surface area contributed by atoms with Crippen LogP contribution in [0.15, 0.2) is 84.0 Å². The third-order valence-electron chi connectivity index (χ3n) is 28.2. The van der Waals surface area contributed by atoms with Gasteiger partial charge < -0.3 is 10.6 Å². The van der Waals surface area contributed by atoms with E-state index in [0.717, 1.165) is 39.9 Å². The van der Waals surface area contributed by atoms with Crippen molar-refractivity contribution in [2.45, 2.75) is 649 Å². The van der Waals surface area contributed by atoms with Gasteiger partial charge >= 0.3 is 0 Å². The van der Waals surface area contributed by atoms with Crippen LogP contribution < -0.4 is 10.6 Å². The molecule has 0 aliphatic rings. The van der Waals surface area contributed by atoms with Gasteiger partial charge in [-0.3, -0.25) is 0 Å². The molecule has 1 aromatic heterocycles. The minimum Gasteiger partial charge on any atom is -0.324 e. The summed E-state index contributed by atoms with van der Waals surface area (Å²) < 4.78 is 0. The molecule has 0 aliphatic heterocycles. The van der Waals surface area contributed by atoms with Crippen LogP contribution >= 0.6 is 70.6 Å². The zero-order chi connectivity index (χ0) is 95.0. The van der Waals surface area contributed by atoms with E-state index in [1.807, 2.05) is 0 Å². The van der Waals surface area contributed by atoms with Gasteiger partial charge in [-0.25, -0.2) is 0 Å². The Hall–Kier alpha value is -1.63. The van der Waals surface area contributed by atoms with E-state index in [2.05, 4.69) is 177 Å². The predicted octanol–water partition coefficient (Wildman–Crippen LogP) is 46.8. The summed E-state index contributed by atoms with van der Waals surface area (Å²) in [6.45, 7) is 14.0. The Bertz CT molecular complexity index is 2800. The highest BCUT2D eigenvalue weighted by Crippen LogP contribution is 2.46. The van der Waals surface area contributed by atoms with Gasteiger partial charge in [0.1, 0.15) is 0 Å². The van der Waals surface area contributed by atoms with Gasteiger partial charge in [0, 0.05) is 46.3 Å². The number of rotatable bonds is 107. The molecule has 1 heterocycles. The number of benzene rings is 3. The molecule has 11 heteroatoms. The average molecular weight is 1960 g/mol. The van der Waals surface area contributed by atoms with E-state index in [-0.39, 0.29) is 0 Å². The van der Waals surface area contributed by atoms with Crippen LogP contribution in [0.5, 0.6) is 0 Å². The molecule has 0 unspecified atom stereocenters. The van der Waals surface area contributed by atoms with Gasteiger partial charge in [0.05, 0.1) is 0 Å². The number of unbranched alkanes of at least 4 members (excludes halogenated alkanes) is 84. The molecule has 4 rings (SSSR count). The van der Waals surface area contributed by atoms with Crippen molar-refractivity contribution in [2.75, 3.05) is 45.2 Å². The summed E-state index contributed by atoms with van der Waals surface area (Å²) in [5.41, 5.74) is 3.21. The molecular weight excluding hydrogens is 1740 g/mol. The third-order valence-corrected chi connectivity index (χ3v) is 35.7. The fraction of sp³-hybridized carbons (Fsp3) is 0.829. The van der Waals surface area contributed by atoms with E-state index >= 15 is 0 Å². The Morgan fingerprint density at radius 3 is 0.485 bits per heavy atom. The lowest BCUT2D eigenvalue weighted by atomic mass is 10.0. The molecule has 5 nitrogen and oxygen atoms in total. The molecule has 2 N–H and O–H groups in total. The molecular formula is C123H221N5S6. The largest absolute Gasteiger partial charge is 0.324 e. The Kier molecular flexibility index (Phi) is 91.9. The summed E-state index contributed by atoms with van der Waals surface area (Å²) in [5, 5.41) is 7.95. The normalized spacial score (nSPS) is 11.7. The zero-order valence-corrected chi connectivity index (χ0v) is 94.8. The summed E-state index contributed by atoms with van der Waals surface area (Å²) in [7, 11) is 0. The van der Waals surface area contributed by atoms with Gasteiger partial charge in [-0.1, -0.05) is 611 Å². The monoisotopic (exact) mass is 1960 g/mol. The highest BCUT2D eigenvalue weighted by molar-refractivity contribution is 8.04. The minimum atomic E-state index is 0.609. The summed E-state index contributed by atoms with van der Waals surface area (Å²) in [6.07, 6.45) is 126. The first-order valence-corrected chi connectivity index (χ1v) is 65.9. The molecule has 0 saturated heterocycles. The van der Waals surface area contributed by atoms with Crippen LogP contribution in [0.1, 0.15) is 619 Å². The van der Waals surface area contributed by atoms with E-state index in [9.17, 15) is 0 Å². The second-order valence-corrected chi connectivity index (χ2v) is 48.1. The molecule has 0 aliphatic carbocycles. The highest BCUT2D eigenvalue weighted by atomic mass is 32.2. The Morgan fingerprint density at radius 2 is 0.321 bits per heavy atom. The average Bonchev–Trinajstić information content (AvgIpc) is 0.804. The molecule has 0 bridgehead atoms. The lowest BCUT2D eigenvalue weighted by molar-refractivity contribution is 0.535. The molecule has 134 heavy (non-hydrogen) atoms. The lowest BCUT2D eigenvalue weighted by Gasteiger charge is -2.19. The predicted molar refractivity (Wildman–Crippen MR) is 619 cm³/mol. The number of anilines is 4. The van der Waals surface area contributed by atoms with Crippen molar-refractivity contribution >= 4 is 93.8 Å². The number of thioether (sulfide) groups is 6. The smallest absolute Gasteiger partial charge is 0.232 e. The van der Waals surface area contributed by atoms with Crippen LogP contribution in [0.2, 0.25) is 0 Å². The Balaban J connectivity index is 1.67. The molecule has 0 saturated carbocycles. The van der Waals surface area contributed by atoms with Crippen molar-refractivity contribution in [1.29, 1.82) is 0 Å². The first-order chi connectivity index (χ1) is 66.5. The van der Waals surface area contributed by atoms with Crippen LogP contribution in [-0.2, 0) is 0 Å². The van der Waals surface area contributed by atoms with E-state index in [0.29, 0.717) is 17.7 Å². The molecule has 4 aromatic rings. The highest BCUT2D eigenvalue weighted by Gasteiger charge is 2.20. The van der Waals surface area contributed by atoms with E-state index in [1.54, 1.807) is 0 Å². The second-order valence-electron chi connectivity index (χ2n) is 41.3. The Morgan fingerprint density at radius 1 is 0.172 bits per heavy atom. The van der Waals surface area contributed by atoms with Gasteiger partial charge in [0.25, 0.3) is 0 Å². The van der Waals surface area contributed by atoms with E-state index in [1.165, 1.54) is 619 Å². The number of hydrogen-bond acceptors (Lipinski definition) is 11. The van der Waals surface area contributed by atoms with Crippen LogP contribution in [0.4, 0.5) is 23.3 Å². The van der Waals surface area contributed by atoms with Crippen LogP contribution in [0, 0.1) is 0 Å². The molecule has 3 aromatic carbocycles. The standard InChI is InChI=1S/C123H221N5S6/c1-7-13-19-25-31-37-43-49-55-61-67-73-79-85-94-102-129-115-108-113(109-116(130-103-95-86-80-74-68-62-56-50-44-38-32-26-20-14-8-2)119(115)133-106-98-89-83-77-71-65-59-53-47-41-35-29-23-17-11-5)124-122-126-121(112-100-92-91-93-101-112)127-123(128-122)125-114-110-117(131-104-96-87-81-75-69-63-57-51-45-39-33-27-21-15-9-3)120(134-107-99-90-84-78-72-66-60-54-48-42-36-30-24-18-12-6)118(111-114)132-105-97-88-82-76-70-64-58-52-46-40-34-28-22-16-10-4/h91-93,100-101,108-111H,7-90,94-99,102-107H2,1-6H3,(H2,124,125,126,127,128). The number of hydrogen-bond donors (Lipinski definition) is 2. The maximum absolute atomic E-state index is 5.47. The summed E-state index contributed by atoms with van der Waals surface area (Å²) in [4.78, 5) is 25.1. The van der Waals surface area contributed by atoms with Crippen molar-refractivity contribution in [3.8, 4) is 11.4 Å². The van der Waals surface area contributed by atoms with Crippen molar-refractivity contribution < 1.29 is 0 Å². The molecule has 0 fully saturated rings. The zero-order valence-electron chi connectivity index (χ0n) is 89.9. The van der Waals surface area contributed by atoms with Crippen molar-refractivity contribution in [2.24, 2.45) is 0 Å². The van der Waals surface area contributed by atoms with E-state index in [4.69, 9.17) is 15.0 Å². The van der Waals surface area contributed by atoms with Gasteiger partial charge in [-0.05, 0) is 97.3 Å². The third kappa shape index (κ3) is 75.2. The lowest BCUT2D eigenvalue weighted by Crippen LogP contribution is -2.06. The van der Waals surface area contributed by atoms with Crippen LogP contribution in [-0.4, -0.2) is 49.5 Å². The van der Waals surface area contributed by atoms with E-state index < -0.39 is 0 Å². The second kappa shape index (κ2) is 98.7. The number of aromatic nitrogens is 3. The maximum Gasteiger partial charge on any atom is 0.232 e. The van der Waals surface area contributed by atoms with Crippen molar-refractivity contribution in [1.82, 2.24) is 15.0 Å². The van der Waals surface area contributed by atoms with Gasteiger partial charge in [-0.15, -0.1) is 70.6 Å². The van der Waals surface area contributed by atoms with Gasteiger partial charge in [0.15, 0.2) is 5.82 Å². The topological polar surface area (TPSA) is 62.7 Å².